The van der Waals surface area contributed by atoms with Gasteiger partial charge in [0.2, 0.25) is 0 Å². The number of carbonyl (C=O) groups is 1. The molecule has 1 amide bonds. The van der Waals surface area contributed by atoms with E-state index in [1.54, 1.807) is 6.07 Å². The van der Waals surface area contributed by atoms with Crippen molar-refractivity contribution in [2.24, 2.45) is 0 Å². The van der Waals surface area contributed by atoms with Gasteiger partial charge in [-0.05, 0) is 42.7 Å². The van der Waals surface area contributed by atoms with E-state index in [9.17, 15) is 9.18 Å². The molecular formula is C25H24FN5O. The number of anilines is 1. The summed E-state index contributed by atoms with van der Waals surface area (Å²) in [5.41, 5.74) is 3.12. The van der Waals surface area contributed by atoms with E-state index in [4.69, 9.17) is 4.98 Å². The zero-order chi connectivity index (χ0) is 22.1. The van der Waals surface area contributed by atoms with Gasteiger partial charge in [-0.3, -0.25) is 4.79 Å². The number of rotatable bonds is 7. The van der Waals surface area contributed by atoms with Gasteiger partial charge in [0.1, 0.15) is 17.5 Å². The fourth-order valence-corrected chi connectivity index (χ4v) is 3.94. The van der Waals surface area contributed by atoms with E-state index in [0.717, 1.165) is 46.6 Å². The molecule has 2 aromatic carbocycles. The number of fused-ring (bicyclic) bond motifs is 1. The molecule has 7 heteroatoms. The highest BCUT2D eigenvalue weighted by Crippen LogP contribution is 2.39. The van der Waals surface area contributed by atoms with Crippen molar-refractivity contribution in [3.63, 3.8) is 0 Å². The summed E-state index contributed by atoms with van der Waals surface area (Å²) >= 11 is 0. The Kier molecular flexibility index (Phi) is 5.31. The molecule has 1 aliphatic rings. The van der Waals surface area contributed by atoms with Gasteiger partial charge in [-0.2, -0.15) is 0 Å². The first kappa shape index (κ1) is 20.2. The molecule has 5 rings (SSSR count). The highest BCUT2D eigenvalue weighted by Gasteiger charge is 2.29. The van der Waals surface area contributed by atoms with Crippen molar-refractivity contribution in [1.82, 2.24) is 20.3 Å². The maximum atomic E-state index is 13.7. The lowest BCUT2D eigenvalue weighted by Crippen LogP contribution is -2.31. The predicted molar refractivity (Wildman–Crippen MR) is 122 cm³/mol. The standard InChI is InChI=1S/C25H24FN5O/c1-27-23-13-22(29-24(31-23)15-9-10-15)21(30-25(32)16-5-4-6-18(26)11-16)12-17-14-28-20-8-3-2-7-19(17)20/h2-8,11,13-15,21,28H,9-10,12H2,1H3,(H,30,32)(H,27,29,31)/t21-/m1/s1. The number of nitrogens with zero attached hydrogens (tertiary/aromatic N) is 2. The molecule has 1 aliphatic carbocycles. The molecule has 1 saturated carbocycles. The number of hydrogen-bond donors (Lipinski definition) is 3. The van der Waals surface area contributed by atoms with Gasteiger partial charge in [-0.15, -0.1) is 0 Å². The molecule has 32 heavy (non-hydrogen) atoms. The molecule has 0 radical (unpaired) electrons. The molecule has 2 heterocycles. The lowest BCUT2D eigenvalue weighted by Gasteiger charge is -2.20. The third kappa shape index (κ3) is 4.19. The number of hydrogen-bond acceptors (Lipinski definition) is 4. The number of halogens is 1. The summed E-state index contributed by atoms with van der Waals surface area (Å²) in [6.07, 6.45) is 4.66. The van der Waals surface area contributed by atoms with E-state index in [1.165, 1.54) is 18.2 Å². The van der Waals surface area contributed by atoms with Crippen molar-refractivity contribution in [2.45, 2.75) is 31.2 Å². The fraction of sp³-hybridized carbons (Fsp3) is 0.240. The summed E-state index contributed by atoms with van der Waals surface area (Å²) in [7, 11) is 1.82. The molecule has 1 fully saturated rings. The number of amides is 1. The number of carbonyl (C=O) groups excluding carboxylic acids is 1. The molecule has 0 saturated heterocycles. The smallest absolute Gasteiger partial charge is 0.251 e. The molecule has 162 valence electrons. The zero-order valence-corrected chi connectivity index (χ0v) is 17.7. The predicted octanol–water partition coefficient (Wildman–Crippen LogP) is 4.73. The van der Waals surface area contributed by atoms with Crippen LogP contribution in [0.1, 0.15) is 52.2 Å². The van der Waals surface area contributed by atoms with Gasteiger partial charge in [0.15, 0.2) is 0 Å². The zero-order valence-electron chi connectivity index (χ0n) is 17.7. The quantitative estimate of drug-likeness (QED) is 0.397. The van der Waals surface area contributed by atoms with Gasteiger partial charge in [-0.25, -0.2) is 14.4 Å². The first-order chi connectivity index (χ1) is 15.6. The van der Waals surface area contributed by atoms with Crippen LogP contribution in [0, 0.1) is 5.82 Å². The minimum Gasteiger partial charge on any atom is -0.373 e. The van der Waals surface area contributed by atoms with Gasteiger partial charge in [-0.1, -0.05) is 24.3 Å². The molecule has 6 nitrogen and oxygen atoms in total. The van der Waals surface area contributed by atoms with Crippen LogP contribution in [-0.4, -0.2) is 27.9 Å². The molecule has 4 aromatic rings. The summed E-state index contributed by atoms with van der Waals surface area (Å²) in [5, 5.41) is 7.29. The Balaban J connectivity index is 1.52. The second kappa shape index (κ2) is 8.42. The lowest BCUT2D eigenvalue weighted by molar-refractivity contribution is 0.0935. The molecule has 1 atom stereocenters. The molecule has 0 bridgehead atoms. The SMILES string of the molecule is CNc1cc([C@@H](Cc2c[nH]c3ccccc23)NC(=O)c2cccc(F)c2)nc(C2CC2)n1. The first-order valence-electron chi connectivity index (χ1n) is 10.8. The van der Waals surface area contributed by atoms with E-state index >= 15 is 0 Å². The van der Waals surface area contributed by atoms with Crippen LogP contribution < -0.4 is 10.6 Å². The number of para-hydroxylation sites is 1. The summed E-state index contributed by atoms with van der Waals surface area (Å²) < 4.78 is 13.7. The molecule has 0 aliphatic heterocycles. The molecule has 0 unspecified atom stereocenters. The number of H-pyrrole nitrogens is 1. The van der Waals surface area contributed by atoms with Gasteiger partial charge >= 0.3 is 0 Å². The van der Waals surface area contributed by atoms with Crippen LogP contribution in [0.4, 0.5) is 10.2 Å². The van der Waals surface area contributed by atoms with Crippen molar-refractivity contribution in [1.29, 1.82) is 0 Å². The minimum absolute atomic E-state index is 0.277. The third-order valence-electron chi connectivity index (χ3n) is 5.81. The lowest BCUT2D eigenvalue weighted by atomic mass is 10.0. The Morgan fingerprint density at radius 1 is 1.16 bits per heavy atom. The number of benzene rings is 2. The van der Waals surface area contributed by atoms with E-state index in [-0.39, 0.29) is 11.5 Å². The van der Waals surface area contributed by atoms with Crippen molar-refractivity contribution < 1.29 is 9.18 Å². The summed E-state index contributed by atoms with van der Waals surface area (Å²) in [4.78, 5) is 25.7. The van der Waals surface area contributed by atoms with E-state index in [2.05, 4.69) is 26.7 Å². The number of aromatic nitrogens is 3. The Bertz CT molecular complexity index is 1280. The van der Waals surface area contributed by atoms with Crippen molar-refractivity contribution >= 4 is 22.6 Å². The maximum absolute atomic E-state index is 13.7. The van der Waals surface area contributed by atoms with Gasteiger partial charge in [0.25, 0.3) is 5.91 Å². The van der Waals surface area contributed by atoms with Crippen molar-refractivity contribution in [3.8, 4) is 0 Å². The number of nitrogens with one attached hydrogen (secondary N) is 3. The fourth-order valence-electron chi connectivity index (χ4n) is 3.94. The third-order valence-corrected chi connectivity index (χ3v) is 5.81. The van der Waals surface area contributed by atoms with Crippen LogP contribution in [0.5, 0.6) is 0 Å². The highest BCUT2D eigenvalue weighted by molar-refractivity contribution is 5.94. The van der Waals surface area contributed by atoms with E-state index in [0.29, 0.717) is 12.3 Å². The van der Waals surface area contributed by atoms with Crippen LogP contribution in [0.15, 0.2) is 60.8 Å². The molecule has 2 aromatic heterocycles. The first-order valence-corrected chi connectivity index (χ1v) is 10.8. The van der Waals surface area contributed by atoms with E-state index < -0.39 is 11.9 Å². The van der Waals surface area contributed by atoms with Crippen molar-refractivity contribution in [3.05, 3.63) is 89.3 Å². The Hall–Kier alpha value is -3.74. The molecular weight excluding hydrogens is 405 g/mol. The summed E-state index contributed by atoms with van der Waals surface area (Å²) in [5.74, 6) is 1.11. The van der Waals surface area contributed by atoms with Gasteiger partial charge in [0, 0.05) is 48.1 Å². The maximum Gasteiger partial charge on any atom is 0.251 e. The minimum atomic E-state index is -0.443. The van der Waals surface area contributed by atoms with Gasteiger partial charge < -0.3 is 15.6 Å². The largest absolute Gasteiger partial charge is 0.373 e. The van der Waals surface area contributed by atoms with Crippen LogP contribution in [0.25, 0.3) is 10.9 Å². The monoisotopic (exact) mass is 429 g/mol. The van der Waals surface area contributed by atoms with E-state index in [1.807, 2.05) is 37.5 Å². The summed E-state index contributed by atoms with van der Waals surface area (Å²) in [6.45, 7) is 0. The van der Waals surface area contributed by atoms with Crippen molar-refractivity contribution in [2.75, 3.05) is 12.4 Å². The topological polar surface area (TPSA) is 82.7 Å². The Morgan fingerprint density at radius 2 is 2.00 bits per heavy atom. The second-order valence-corrected chi connectivity index (χ2v) is 8.16. The summed E-state index contributed by atoms with van der Waals surface area (Å²) in [6, 6.07) is 15.2. The highest BCUT2D eigenvalue weighted by atomic mass is 19.1. The van der Waals surface area contributed by atoms with Crippen LogP contribution >= 0.6 is 0 Å². The van der Waals surface area contributed by atoms with Crippen LogP contribution in [0.2, 0.25) is 0 Å². The molecule has 0 spiro atoms. The molecule has 3 N–H and O–H groups in total. The number of aromatic amines is 1. The van der Waals surface area contributed by atoms with Crippen LogP contribution in [0.3, 0.4) is 0 Å². The Labute approximate surface area is 185 Å². The normalized spacial score (nSPS) is 14.3. The Morgan fingerprint density at radius 3 is 2.78 bits per heavy atom. The van der Waals surface area contributed by atoms with Crippen LogP contribution in [-0.2, 0) is 6.42 Å². The second-order valence-electron chi connectivity index (χ2n) is 8.16. The average Bonchev–Trinajstić information content (AvgIpc) is 3.59. The van der Waals surface area contributed by atoms with Gasteiger partial charge in [0.05, 0.1) is 11.7 Å². The average molecular weight is 429 g/mol.